The van der Waals surface area contributed by atoms with Gasteiger partial charge in [-0.2, -0.15) is 0 Å². The van der Waals surface area contributed by atoms with Gasteiger partial charge in [0.15, 0.2) is 10.5 Å². The summed E-state index contributed by atoms with van der Waals surface area (Å²) >= 11 is 8.88. The number of carboxylic acids is 1. The van der Waals surface area contributed by atoms with Gasteiger partial charge in [-0.15, -0.1) is 11.8 Å². The number of nitrogens with zero attached hydrogens (tertiary/aromatic N) is 2. The standard InChI is InChI=1S/C34H50ClN5O8S2/c1-22-20-49-28-23(27(42)40(28)24(22)29(43)44)38-30(45)34(31(46)48-33(2,3)4,25-26(35)50-32(39-25)36-21-41)18-16-14-12-10-8-6-7-9-11-13-15-17-19-37-47-5/h17,19,21,23,28,37H,6-16,18,20H2,1-5H3,(H,38,45)(H,43,44)(H,36,39,41)/t23?,28-,34?/m0/s1. The third-order valence-corrected chi connectivity index (χ3v) is 11.0. The number of allylic oxidation sites excluding steroid dienone is 1. The number of anilines is 1. The van der Waals surface area contributed by atoms with Gasteiger partial charge in [-0.3, -0.25) is 34.4 Å². The van der Waals surface area contributed by atoms with Crippen LogP contribution in [0.15, 0.2) is 23.5 Å². The Bertz CT molecular complexity index is 1430. The average molecular weight is 756 g/mol. The zero-order chi connectivity index (χ0) is 36.9. The van der Waals surface area contributed by atoms with Crippen LogP contribution in [0.5, 0.6) is 0 Å². The molecule has 0 saturated carbocycles. The maximum absolute atomic E-state index is 14.5. The van der Waals surface area contributed by atoms with E-state index in [4.69, 9.17) is 21.2 Å². The molecule has 278 valence electrons. The molecule has 0 bridgehead atoms. The molecule has 2 aliphatic rings. The second-order valence-electron chi connectivity index (χ2n) is 13.4. The highest BCUT2D eigenvalue weighted by Gasteiger charge is 2.58. The van der Waals surface area contributed by atoms with Crippen molar-refractivity contribution in [3.63, 3.8) is 0 Å². The van der Waals surface area contributed by atoms with Crippen molar-refractivity contribution in [3.8, 4) is 0 Å². The summed E-state index contributed by atoms with van der Waals surface area (Å²) in [5.74, 6) is -3.14. The predicted molar refractivity (Wildman–Crippen MR) is 194 cm³/mol. The summed E-state index contributed by atoms with van der Waals surface area (Å²) in [6.07, 6.45) is 15.2. The summed E-state index contributed by atoms with van der Waals surface area (Å²) in [6.45, 7) is 6.70. The minimum Gasteiger partial charge on any atom is -0.477 e. The molecule has 0 aromatic carbocycles. The van der Waals surface area contributed by atoms with E-state index in [-0.39, 0.29) is 27.3 Å². The molecule has 3 atom stereocenters. The summed E-state index contributed by atoms with van der Waals surface area (Å²) in [7, 11) is 1.58. The SMILES string of the molecule is CONC=CCCCCCCCCCCCCC(C(=O)NC1C(=O)N2C(C(=O)O)=C(C)CS[C@@H]12)(C(=O)OC(C)(C)C)c1nc(NC=O)sc1Cl. The summed E-state index contributed by atoms with van der Waals surface area (Å²) < 4.78 is 5.85. The molecule has 3 heterocycles. The van der Waals surface area contributed by atoms with Crippen molar-refractivity contribution in [2.75, 3.05) is 18.2 Å². The molecule has 3 rings (SSSR count). The number of thiazole rings is 1. The molecular weight excluding hydrogens is 706 g/mol. The first kappa shape index (κ1) is 41.3. The van der Waals surface area contributed by atoms with Crippen molar-refractivity contribution >= 4 is 70.0 Å². The Labute approximate surface area is 307 Å². The van der Waals surface area contributed by atoms with E-state index in [9.17, 15) is 29.1 Å². The third kappa shape index (κ3) is 10.7. The Balaban J connectivity index is 1.73. The highest BCUT2D eigenvalue weighted by Crippen LogP contribution is 2.44. The van der Waals surface area contributed by atoms with E-state index in [1.165, 1.54) is 35.9 Å². The predicted octanol–water partition coefficient (Wildman–Crippen LogP) is 6.05. The number of esters is 1. The Kier molecular flexibility index (Phi) is 16.1. The van der Waals surface area contributed by atoms with Gasteiger partial charge in [0, 0.05) is 12.0 Å². The number of carbonyl (C=O) groups is 5. The lowest BCUT2D eigenvalue weighted by Crippen LogP contribution is -2.72. The monoisotopic (exact) mass is 755 g/mol. The number of hydroxylamine groups is 1. The molecule has 0 spiro atoms. The first-order valence-corrected chi connectivity index (χ1v) is 19.3. The number of nitrogens with one attached hydrogen (secondary N) is 3. The molecular formula is C34H50ClN5O8S2. The summed E-state index contributed by atoms with van der Waals surface area (Å²) in [4.78, 5) is 75.5. The molecule has 2 unspecified atom stereocenters. The summed E-state index contributed by atoms with van der Waals surface area (Å²) in [5, 5.41) is 14.4. The molecule has 0 aliphatic carbocycles. The molecule has 1 aromatic heterocycles. The van der Waals surface area contributed by atoms with Gasteiger partial charge in [0.05, 0.1) is 12.8 Å². The zero-order valence-electron chi connectivity index (χ0n) is 29.5. The number of unbranched alkanes of at least 4 members (excludes halogenated alkanes) is 10. The molecule has 3 amide bonds. The number of ether oxygens (including phenoxy) is 1. The fourth-order valence-electron chi connectivity index (χ4n) is 5.98. The van der Waals surface area contributed by atoms with Crippen LogP contribution in [-0.4, -0.2) is 75.0 Å². The molecule has 16 heteroatoms. The Morgan fingerprint density at radius 3 is 2.26 bits per heavy atom. The second-order valence-corrected chi connectivity index (χ2v) is 16.1. The number of rotatable bonds is 22. The first-order chi connectivity index (χ1) is 23.8. The van der Waals surface area contributed by atoms with E-state index in [0.29, 0.717) is 24.2 Å². The van der Waals surface area contributed by atoms with Gasteiger partial charge >= 0.3 is 11.9 Å². The van der Waals surface area contributed by atoms with Crippen molar-refractivity contribution in [1.29, 1.82) is 0 Å². The maximum Gasteiger partial charge on any atom is 0.352 e. The highest BCUT2D eigenvalue weighted by molar-refractivity contribution is 8.00. The maximum atomic E-state index is 14.5. The number of thioether (sulfide) groups is 1. The van der Waals surface area contributed by atoms with Gasteiger partial charge in [0.25, 0.3) is 5.91 Å². The van der Waals surface area contributed by atoms with Gasteiger partial charge in [-0.1, -0.05) is 86.8 Å². The van der Waals surface area contributed by atoms with E-state index >= 15 is 0 Å². The Hall–Kier alpha value is -3.14. The van der Waals surface area contributed by atoms with Crippen LogP contribution in [0.2, 0.25) is 4.34 Å². The molecule has 2 aliphatic heterocycles. The molecule has 13 nitrogen and oxygen atoms in total. The quantitative estimate of drug-likeness (QED) is 0.0271. The van der Waals surface area contributed by atoms with Crippen LogP contribution in [0.1, 0.15) is 110 Å². The van der Waals surface area contributed by atoms with Crippen LogP contribution in [0.4, 0.5) is 5.13 Å². The number of carbonyl (C=O) groups excluding carboxylic acids is 4. The molecule has 50 heavy (non-hydrogen) atoms. The number of fused-ring (bicyclic) bond motifs is 1. The van der Waals surface area contributed by atoms with Crippen LogP contribution in [-0.2, 0) is 39.0 Å². The smallest absolute Gasteiger partial charge is 0.352 e. The van der Waals surface area contributed by atoms with E-state index in [0.717, 1.165) is 56.3 Å². The molecule has 1 saturated heterocycles. The number of hydrogen-bond donors (Lipinski definition) is 4. The lowest BCUT2D eigenvalue weighted by Gasteiger charge is -2.49. The fourth-order valence-corrected chi connectivity index (χ4v) is 8.42. The molecule has 0 radical (unpaired) electrons. The largest absolute Gasteiger partial charge is 0.477 e. The minimum atomic E-state index is -2.04. The van der Waals surface area contributed by atoms with E-state index in [1.807, 2.05) is 0 Å². The third-order valence-electron chi connectivity index (χ3n) is 8.43. The van der Waals surface area contributed by atoms with E-state index < -0.39 is 46.2 Å². The molecule has 1 fully saturated rings. The minimum absolute atomic E-state index is 0.00605. The van der Waals surface area contributed by atoms with E-state index in [2.05, 4.69) is 27.2 Å². The second kappa shape index (κ2) is 19.5. The van der Waals surface area contributed by atoms with Gasteiger partial charge < -0.3 is 20.5 Å². The summed E-state index contributed by atoms with van der Waals surface area (Å²) in [5.41, 5.74) is 0.0474. The van der Waals surface area contributed by atoms with Crippen molar-refractivity contribution in [1.82, 2.24) is 20.7 Å². The van der Waals surface area contributed by atoms with Crippen LogP contribution in [0, 0.1) is 0 Å². The first-order valence-electron chi connectivity index (χ1n) is 17.0. The van der Waals surface area contributed by atoms with Gasteiger partial charge in [-0.25, -0.2) is 9.78 Å². The number of aromatic nitrogens is 1. The number of β-lactam (4-membered cyclic amide) rings is 1. The van der Waals surface area contributed by atoms with Crippen molar-refractivity contribution < 1.29 is 38.7 Å². The number of carboxylic acid groups (broad SMARTS) is 1. The van der Waals surface area contributed by atoms with Gasteiger partial charge in [0.1, 0.15) is 27.1 Å². The van der Waals surface area contributed by atoms with Crippen LogP contribution in [0.3, 0.4) is 0 Å². The summed E-state index contributed by atoms with van der Waals surface area (Å²) in [6, 6.07) is -1.08. The topological polar surface area (TPSA) is 176 Å². The average Bonchev–Trinajstić information content (AvgIpc) is 3.42. The number of hydrogen-bond acceptors (Lipinski definition) is 11. The molecule has 1 aromatic rings. The van der Waals surface area contributed by atoms with Crippen LogP contribution < -0.4 is 16.1 Å². The Morgan fingerprint density at radius 2 is 1.68 bits per heavy atom. The Morgan fingerprint density at radius 1 is 1.06 bits per heavy atom. The highest BCUT2D eigenvalue weighted by atomic mass is 35.5. The number of aliphatic carboxylic acids is 1. The zero-order valence-corrected chi connectivity index (χ0v) is 31.9. The van der Waals surface area contributed by atoms with Crippen LogP contribution in [0.25, 0.3) is 0 Å². The van der Waals surface area contributed by atoms with Crippen LogP contribution >= 0.6 is 34.7 Å². The normalized spacial score (nSPS) is 18.7. The van der Waals surface area contributed by atoms with Gasteiger partial charge in [0.2, 0.25) is 12.3 Å². The number of halogens is 1. The number of amides is 3. The van der Waals surface area contributed by atoms with E-state index in [1.54, 1.807) is 41.0 Å². The van der Waals surface area contributed by atoms with Crippen molar-refractivity contribution in [3.05, 3.63) is 33.6 Å². The fraction of sp³-hybridized carbons (Fsp3) is 0.647. The van der Waals surface area contributed by atoms with Gasteiger partial charge in [-0.05, 0) is 52.5 Å². The molecule has 4 N–H and O–H groups in total. The lowest BCUT2D eigenvalue weighted by atomic mass is 9.78. The lowest BCUT2D eigenvalue weighted by molar-refractivity contribution is -0.167. The van der Waals surface area contributed by atoms with Crippen molar-refractivity contribution in [2.45, 2.75) is 127 Å². The van der Waals surface area contributed by atoms with Crippen molar-refractivity contribution in [2.24, 2.45) is 0 Å².